The Morgan fingerprint density at radius 1 is 0.529 bits per heavy atom. The van der Waals surface area contributed by atoms with Crippen molar-refractivity contribution in [1.29, 1.82) is 0 Å². The molecule has 0 radical (unpaired) electrons. The number of quaternary nitrogens is 1. The minimum Gasteiger partial charge on any atom is -0.0964 e. The molecule has 0 bridgehead atoms. The zero-order valence-corrected chi connectivity index (χ0v) is 11.7. The van der Waals surface area contributed by atoms with Gasteiger partial charge in [0.25, 0.3) is 0 Å². The van der Waals surface area contributed by atoms with Crippen molar-refractivity contribution < 1.29 is 24.5 Å². The van der Waals surface area contributed by atoms with Crippen LogP contribution < -0.4 is 0 Å². The first-order chi connectivity index (χ1) is 8.24. The second-order valence-electron chi connectivity index (χ2n) is 3.78. The van der Waals surface area contributed by atoms with E-state index < -0.39 is 5.14 Å². The van der Waals surface area contributed by atoms with Crippen LogP contribution in [-0.4, -0.2) is 31.6 Å². The molecular weight excluding hydrogens is 222 g/mol. The third kappa shape index (κ3) is 7.68. The van der Waals surface area contributed by atoms with Crippen LogP contribution in [0.2, 0.25) is 0 Å². The first-order valence-electron chi connectivity index (χ1n) is 6.71. The maximum atomic E-state index is 5.56. The highest BCUT2D eigenvalue weighted by molar-refractivity contribution is 4.18. The average molecular weight is 250 g/mol. The highest BCUT2D eigenvalue weighted by atomic mass is 17.4. The van der Waals surface area contributed by atoms with E-state index in [1.807, 2.05) is 27.7 Å². The van der Waals surface area contributed by atoms with E-state index in [1.54, 1.807) is 0 Å². The van der Waals surface area contributed by atoms with Gasteiger partial charge in [0, 0.05) is 0 Å². The van der Waals surface area contributed by atoms with Crippen LogP contribution in [0.3, 0.4) is 0 Å². The summed E-state index contributed by atoms with van der Waals surface area (Å²) in [7, 11) is 0. The summed E-state index contributed by atoms with van der Waals surface area (Å²) in [5.74, 6) is 0. The molecule has 0 aliphatic carbocycles. The zero-order chi connectivity index (χ0) is 13.0. The lowest BCUT2D eigenvalue weighted by Gasteiger charge is -2.25. The van der Waals surface area contributed by atoms with Gasteiger partial charge in [-0.15, -0.1) is 0 Å². The van der Waals surface area contributed by atoms with Gasteiger partial charge < -0.3 is 0 Å². The Hall–Kier alpha value is -0.200. The molecular formula is C12H28NO4+. The van der Waals surface area contributed by atoms with Crippen LogP contribution in [0.4, 0.5) is 0 Å². The monoisotopic (exact) mass is 250 g/mol. The third-order valence-electron chi connectivity index (χ3n) is 1.81. The summed E-state index contributed by atoms with van der Waals surface area (Å²) in [5.41, 5.74) is 0. The lowest BCUT2D eigenvalue weighted by Crippen LogP contribution is -2.48. The molecule has 0 aromatic heterocycles. The van der Waals surface area contributed by atoms with E-state index in [9.17, 15) is 0 Å². The molecule has 0 spiro atoms. The van der Waals surface area contributed by atoms with Crippen molar-refractivity contribution in [2.24, 2.45) is 0 Å². The standard InChI is InChI=1S/C12H28NO4/c1-5-9-14-13(15-10-6-2,16-11-7-3)17-12-8-4/h5-12H2,1-4H3/q+1. The molecule has 0 N–H and O–H groups in total. The van der Waals surface area contributed by atoms with Gasteiger partial charge in [-0.3, -0.25) is 0 Å². The van der Waals surface area contributed by atoms with E-state index in [2.05, 4.69) is 0 Å². The molecule has 0 amide bonds. The first-order valence-corrected chi connectivity index (χ1v) is 6.71. The summed E-state index contributed by atoms with van der Waals surface area (Å²) < 4.78 is 0. The second kappa shape index (κ2) is 10.9. The minimum atomic E-state index is -0.580. The van der Waals surface area contributed by atoms with E-state index in [1.165, 1.54) is 0 Å². The fourth-order valence-corrected chi connectivity index (χ4v) is 1.04. The van der Waals surface area contributed by atoms with Gasteiger partial charge in [-0.25, -0.2) is 0 Å². The molecule has 0 unspecified atom stereocenters. The number of hydrogen-bond acceptors (Lipinski definition) is 4. The molecule has 0 atom stereocenters. The summed E-state index contributed by atoms with van der Waals surface area (Å²) in [4.78, 5) is 22.2. The third-order valence-corrected chi connectivity index (χ3v) is 1.81. The molecule has 104 valence electrons. The van der Waals surface area contributed by atoms with Gasteiger partial charge in [0.2, 0.25) is 5.14 Å². The van der Waals surface area contributed by atoms with E-state index in [0.29, 0.717) is 26.4 Å². The van der Waals surface area contributed by atoms with Crippen molar-refractivity contribution >= 4 is 0 Å². The fraction of sp³-hybridized carbons (Fsp3) is 1.00. The smallest absolute Gasteiger partial charge is 0.0964 e. The summed E-state index contributed by atoms with van der Waals surface area (Å²) in [5, 5.41) is -0.580. The van der Waals surface area contributed by atoms with Gasteiger partial charge in [0.15, 0.2) is 0 Å². The predicted molar refractivity (Wildman–Crippen MR) is 65.2 cm³/mol. The lowest BCUT2D eigenvalue weighted by molar-refractivity contribution is -1.47. The molecule has 0 fully saturated rings. The molecule has 17 heavy (non-hydrogen) atoms. The summed E-state index contributed by atoms with van der Waals surface area (Å²) >= 11 is 0. The fourth-order valence-electron chi connectivity index (χ4n) is 1.04. The Kier molecular flexibility index (Phi) is 10.8. The molecule has 0 aromatic carbocycles. The minimum absolute atomic E-state index is 0.539. The lowest BCUT2D eigenvalue weighted by atomic mass is 10.5. The van der Waals surface area contributed by atoms with Crippen molar-refractivity contribution in [1.82, 2.24) is 0 Å². The van der Waals surface area contributed by atoms with Crippen molar-refractivity contribution in [2.75, 3.05) is 26.4 Å². The second-order valence-corrected chi connectivity index (χ2v) is 3.78. The van der Waals surface area contributed by atoms with Gasteiger partial charge in [-0.05, 0) is 25.7 Å². The van der Waals surface area contributed by atoms with Crippen LogP contribution in [0.1, 0.15) is 53.4 Å². The molecule has 5 nitrogen and oxygen atoms in total. The Morgan fingerprint density at radius 2 is 0.765 bits per heavy atom. The van der Waals surface area contributed by atoms with Crippen LogP contribution >= 0.6 is 0 Å². The summed E-state index contributed by atoms with van der Waals surface area (Å²) in [6, 6.07) is 0. The Labute approximate surface area is 105 Å². The molecule has 0 rings (SSSR count). The molecule has 0 saturated carbocycles. The van der Waals surface area contributed by atoms with Crippen molar-refractivity contribution in [3.8, 4) is 0 Å². The van der Waals surface area contributed by atoms with Crippen LogP contribution in [0.5, 0.6) is 0 Å². The first kappa shape index (κ1) is 16.8. The SMILES string of the molecule is CCCO[N+](OCCC)(OCCC)OCCC. The van der Waals surface area contributed by atoms with Crippen molar-refractivity contribution in [3.63, 3.8) is 0 Å². The van der Waals surface area contributed by atoms with Crippen LogP contribution in [0.25, 0.3) is 0 Å². The van der Waals surface area contributed by atoms with E-state index >= 15 is 0 Å². The Balaban J connectivity index is 4.39. The van der Waals surface area contributed by atoms with Gasteiger partial charge in [0.1, 0.15) is 26.4 Å². The molecule has 0 aromatic rings. The summed E-state index contributed by atoms with van der Waals surface area (Å²) in [6.07, 6.45) is 3.56. The van der Waals surface area contributed by atoms with Crippen molar-refractivity contribution in [2.45, 2.75) is 53.4 Å². The number of hydrogen-bond donors (Lipinski definition) is 0. The Bertz CT molecular complexity index is 129. The van der Waals surface area contributed by atoms with Crippen LogP contribution in [-0.2, 0) is 19.4 Å². The summed E-state index contributed by atoms with van der Waals surface area (Å²) in [6.45, 7) is 10.3. The molecule has 0 aliphatic rings. The number of rotatable bonds is 12. The largest absolute Gasteiger partial charge is 0.247 e. The zero-order valence-electron chi connectivity index (χ0n) is 11.7. The highest BCUT2D eigenvalue weighted by Crippen LogP contribution is 2.15. The number of nitrogens with zero attached hydrogens (tertiary/aromatic N) is 1. The van der Waals surface area contributed by atoms with Gasteiger partial charge in [-0.1, -0.05) is 47.0 Å². The quantitative estimate of drug-likeness (QED) is 0.394. The molecule has 0 aliphatic heterocycles. The Morgan fingerprint density at radius 3 is 0.941 bits per heavy atom. The predicted octanol–water partition coefficient (Wildman–Crippen LogP) is 3.17. The van der Waals surface area contributed by atoms with E-state index in [4.69, 9.17) is 19.4 Å². The molecule has 0 saturated heterocycles. The maximum absolute atomic E-state index is 5.56. The topological polar surface area (TPSA) is 36.9 Å². The maximum Gasteiger partial charge on any atom is 0.247 e. The van der Waals surface area contributed by atoms with Crippen molar-refractivity contribution in [3.05, 3.63) is 0 Å². The molecule has 5 heteroatoms. The van der Waals surface area contributed by atoms with Gasteiger partial charge in [-0.2, -0.15) is 0 Å². The van der Waals surface area contributed by atoms with E-state index in [-0.39, 0.29) is 0 Å². The van der Waals surface area contributed by atoms with Gasteiger partial charge >= 0.3 is 0 Å². The normalized spacial score (nSPS) is 12.0. The van der Waals surface area contributed by atoms with Crippen LogP contribution in [0.15, 0.2) is 0 Å². The molecule has 0 heterocycles. The highest BCUT2D eigenvalue weighted by Gasteiger charge is 2.37. The van der Waals surface area contributed by atoms with Gasteiger partial charge in [0.05, 0.1) is 0 Å². The van der Waals surface area contributed by atoms with E-state index in [0.717, 1.165) is 25.7 Å². The van der Waals surface area contributed by atoms with Crippen LogP contribution in [0, 0.1) is 0 Å². The average Bonchev–Trinajstić information content (AvgIpc) is 2.37.